The molecule has 1 heterocycles. The third-order valence-corrected chi connectivity index (χ3v) is 4.07. The second-order valence-corrected chi connectivity index (χ2v) is 6.29. The number of amides is 3. The number of hydrogen-bond acceptors (Lipinski definition) is 4. The number of pyridine rings is 1. The van der Waals surface area contributed by atoms with Crippen LogP contribution in [0.5, 0.6) is 0 Å². The summed E-state index contributed by atoms with van der Waals surface area (Å²) < 4.78 is 0. The van der Waals surface area contributed by atoms with Gasteiger partial charge in [-0.15, -0.1) is 0 Å². The van der Waals surface area contributed by atoms with E-state index in [-0.39, 0.29) is 24.7 Å². The Morgan fingerprint density at radius 1 is 1.19 bits per heavy atom. The summed E-state index contributed by atoms with van der Waals surface area (Å²) in [5.41, 5.74) is 1.86. The molecule has 2 aromatic rings. The van der Waals surface area contributed by atoms with Gasteiger partial charge in [0, 0.05) is 24.0 Å². The van der Waals surface area contributed by atoms with Crippen LogP contribution >= 0.6 is 11.6 Å². The van der Waals surface area contributed by atoms with Crippen molar-refractivity contribution in [1.29, 1.82) is 0 Å². The topological polar surface area (TPSA) is 91.4 Å². The molecule has 0 saturated carbocycles. The van der Waals surface area contributed by atoms with Gasteiger partial charge >= 0.3 is 0 Å². The van der Waals surface area contributed by atoms with E-state index < -0.39 is 11.8 Å². The van der Waals surface area contributed by atoms with Crippen molar-refractivity contribution < 1.29 is 14.4 Å². The van der Waals surface area contributed by atoms with E-state index in [4.69, 9.17) is 11.6 Å². The summed E-state index contributed by atoms with van der Waals surface area (Å²) in [6.45, 7) is 1.63. The van der Waals surface area contributed by atoms with E-state index >= 15 is 0 Å². The van der Waals surface area contributed by atoms with Crippen molar-refractivity contribution in [2.75, 3.05) is 25.5 Å². The zero-order chi connectivity index (χ0) is 19.8. The van der Waals surface area contributed by atoms with Crippen molar-refractivity contribution in [3.8, 4) is 0 Å². The molecule has 0 saturated heterocycles. The predicted molar refractivity (Wildman–Crippen MR) is 104 cm³/mol. The van der Waals surface area contributed by atoms with Crippen molar-refractivity contribution in [2.45, 2.75) is 13.3 Å². The SMILES string of the molecule is CCc1ccccc1NC(=O)CN(C)C(=O)CNC(=O)c1cc(Cl)ccn1. The number of hydrogen-bond donors (Lipinski definition) is 2. The van der Waals surface area contributed by atoms with Crippen LogP contribution in [-0.2, 0) is 16.0 Å². The maximum atomic E-state index is 12.2. The fourth-order valence-electron chi connectivity index (χ4n) is 2.35. The first-order valence-electron chi connectivity index (χ1n) is 8.42. The van der Waals surface area contributed by atoms with Crippen LogP contribution in [-0.4, -0.2) is 47.7 Å². The Morgan fingerprint density at radius 2 is 1.93 bits per heavy atom. The average molecular weight is 389 g/mol. The third-order valence-electron chi connectivity index (χ3n) is 3.83. The number of anilines is 1. The van der Waals surface area contributed by atoms with Gasteiger partial charge in [0.15, 0.2) is 0 Å². The minimum absolute atomic E-state index is 0.117. The van der Waals surface area contributed by atoms with Crippen LogP contribution in [0.4, 0.5) is 5.69 Å². The van der Waals surface area contributed by atoms with Crippen molar-refractivity contribution in [2.24, 2.45) is 0 Å². The quantitative estimate of drug-likeness (QED) is 0.760. The molecule has 2 rings (SSSR count). The second-order valence-electron chi connectivity index (χ2n) is 5.85. The number of carbonyl (C=O) groups excluding carboxylic acids is 3. The zero-order valence-electron chi connectivity index (χ0n) is 15.2. The number of aryl methyl sites for hydroxylation is 1. The molecular formula is C19H21ClN4O3. The van der Waals surface area contributed by atoms with Crippen molar-refractivity contribution in [3.63, 3.8) is 0 Å². The van der Waals surface area contributed by atoms with Gasteiger partial charge in [-0.3, -0.25) is 19.4 Å². The summed E-state index contributed by atoms with van der Waals surface area (Å²) in [5, 5.41) is 5.64. The minimum atomic E-state index is -0.513. The molecule has 0 spiro atoms. The largest absolute Gasteiger partial charge is 0.342 e. The molecule has 0 aliphatic rings. The number of aromatic nitrogens is 1. The lowest BCUT2D eigenvalue weighted by Gasteiger charge is -2.18. The summed E-state index contributed by atoms with van der Waals surface area (Å²) in [6.07, 6.45) is 2.19. The Morgan fingerprint density at radius 3 is 2.63 bits per heavy atom. The van der Waals surface area contributed by atoms with E-state index in [2.05, 4.69) is 15.6 Å². The zero-order valence-corrected chi connectivity index (χ0v) is 15.9. The molecule has 7 nitrogen and oxygen atoms in total. The van der Waals surface area contributed by atoms with Crippen LogP contribution in [0.15, 0.2) is 42.6 Å². The monoisotopic (exact) mass is 388 g/mol. The number of rotatable bonds is 7. The van der Waals surface area contributed by atoms with Crippen LogP contribution < -0.4 is 10.6 Å². The maximum Gasteiger partial charge on any atom is 0.270 e. The molecule has 0 unspecified atom stereocenters. The molecule has 0 radical (unpaired) electrons. The summed E-state index contributed by atoms with van der Waals surface area (Å²) in [7, 11) is 1.50. The number of nitrogens with zero attached hydrogens (tertiary/aromatic N) is 2. The molecule has 142 valence electrons. The third kappa shape index (κ3) is 6.07. The van der Waals surface area contributed by atoms with Crippen LogP contribution in [0.2, 0.25) is 5.02 Å². The van der Waals surface area contributed by atoms with E-state index in [0.29, 0.717) is 5.02 Å². The second kappa shape index (κ2) is 9.68. The van der Waals surface area contributed by atoms with Crippen molar-refractivity contribution >= 4 is 35.0 Å². The minimum Gasteiger partial charge on any atom is -0.342 e. The number of halogens is 1. The highest BCUT2D eigenvalue weighted by Crippen LogP contribution is 2.15. The molecule has 0 fully saturated rings. The van der Waals surface area contributed by atoms with E-state index in [0.717, 1.165) is 17.7 Å². The Kier molecular flexibility index (Phi) is 7.31. The maximum absolute atomic E-state index is 12.2. The van der Waals surface area contributed by atoms with Crippen molar-refractivity contribution in [3.05, 3.63) is 58.9 Å². The van der Waals surface area contributed by atoms with E-state index in [1.54, 1.807) is 6.07 Å². The molecule has 0 aliphatic carbocycles. The standard InChI is InChI=1S/C19H21ClN4O3/c1-3-13-6-4-5-7-15(13)23-17(25)12-24(2)18(26)11-22-19(27)16-10-14(20)8-9-21-16/h4-10H,3,11-12H2,1-2H3,(H,22,27)(H,23,25). The molecule has 27 heavy (non-hydrogen) atoms. The van der Waals surface area contributed by atoms with E-state index in [1.807, 2.05) is 31.2 Å². The average Bonchev–Trinajstić information content (AvgIpc) is 2.66. The summed E-state index contributed by atoms with van der Waals surface area (Å²) in [6, 6.07) is 10.4. The van der Waals surface area contributed by atoms with Gasteiger partial charge in [0.25, 0.3) is 5.91 Å². The van der Waals surface area contributed by atoms with Crippen LogP contribution in [0, 0.1) is 0 Å². The molecule has 0 atom stereocenters. The Balaban J connectivity index is 1.84. The Hall–Kier alpha value is -2.93. The highest BCUT2D eigenvalue weighted by Gasteiger charge is 2.16. The first-order valence-corrected chi connectivity index (χ1v) is 8.80. The molecule has 2 N–H and O–H groups in total. The highest BCUT2D eigenvalue weighted by atomic mass is 35.5. The molecule has 1 aromatic heterocycles. The Bertz CT molecular complexity index is 841. The van der Waals surface area contributed by atoms with E-state index in [1.165, 1.54) is 24.2 Å². The van der Waals surface area contributed by atoms with Gasteiger partial charge in [-0.05, 0) is 30.2 Å². The fraction of sp³-hybridized carbons (Fsp3) is 0.263. The lowest BCUT2D eigenvalue weighted by atomic mass is 10.1. The number of para-hydroxylation sites is 1. The molecule has 8 heteroatoms. The van der Waals surface area contributed by atoms with Gasteiger partial charge in [0.05, 0.1) is 13.1 Å². The van der Waals surface area contributed by atoms with Gasteiger partial charge in [0.1, 0.15) is 5.69 Å². The predicted octanol–water partition coefficient (Wildman–Crippen LogP) is 2.12. The molecule has 3 amide bonds. The number of carbonyl (C=O) groups is 3. The van der Waals surface area contributed by atoms with Gasteiger partial charge in [-0.2, -0.15) is 0 Å². The first kappa shape index (κ1) is 20.4. The normalized spacial score (nSPS) is 10.2. The van der Waals surface area contributed by atoms with Crippen LogP contribution in [0.3, 0.4) is 0 Å². The summed E-state index contributed by atoms with van der Waals surface area (Å²) in [5.74, 6) is -1.22. The van der Waals surface area contributed by atoms with Crippen molar-refractivity contribution in [1.82, 2.24) is 15.2 Å². The lowest BCUT2D eigenvalue weighted by Crippen LogP contribution is -2.41. The van der Waals surface area contributed by atoms with Gasteiger partial charge < -0.3 is 15.5 Å². The van der Waals surface area contributed by atoms with Gasteiger partial charge in [0.2, 0.25) is 11.8 Å². The number of likely N-dealkylation sites (N-methyl/N-ethyl adjacent to an activating group) is 1. The molecular weight excluding hydrogens is 368 g/mol. The lowest BCUT2D eigenvalue weighted by molar-refractivity contribution is -0.132. The fourth-order valence-corrected chi connectivity index (χ4v) is 2.51. The highest BCUT2D eigenvalue weighted by molar-refractivity contribution is 6.30. The number of benzene rings is 1. The molecule has 0 bridgehead atoms. The summed E-state index contributed by atoms with van der Waals surface area (Å²) in [4.78, 5) is 41.4. The molecule has 1 aromatic carbocycles. The van der Waals surface area contributed by atoms with Crippen LogP contribution in [0.1, 0.15) is 23.0 Å². The smallest absolute Gasteiger partial charge is 0.270 e. The van der Waals surface area contributed by atoms with Crippen LogP contribution in [0.25, 0.3) is 0 Å². The molecule has 0 aliphatic heterocycles. The number of nitrogens with one attached hydrogen (secondary N) is 2. The van der Waals surface area contributed by atoms with Gasteiger partial charge in [-0.25, -0.2) is 0 Å². The Labute approximate surface area is 162 Å². The van der Waals surface area contributed by atoms with E-state index in [9.17, 15) is 14.4 Å². The first-order chi connectivity index (χ1) is 12.9. The van der Waals surface area contributed by atoms with Gasteiger partial charge in [-0.1, -0.05) is 36.7 Å². The summed E-state index contributed by atoms with van der Waals surface area (Å²) >= 11 is 5.81.